The molecule has 0 saturated heterocycles. The van der Waals surface area contributed by atoms with Crippen LogP contribution in [0.4, 0.5) is 0 Å². The fraction of sp³-hybridized carbons (Fsp3) is 0.704. The highest BCUT2D eigenvalue weighted by Crippen LogP contribution is 2.44. The minimum atomic E-state index is -0.678. The highest BCUT2D eigenvalue weighted by Gasteiger charge is 2.46. The van der Waals surface area contributed by atoms with Crippen LogP contribution in [0.1, 0.15) is 93.1 Å². The molecule has 3 rings (SSSR count). The summed E-state index contributed by atoms with van der Waals surface area (Å²) >= 11 is 0. The van der Waals surface area contributed by atoms with Gasteiger partial charge in [-0.2, -0.15) is 0 Å². The van der Waals surface area contributed by atoms with Crippen molar-refractivity contribution in [3.05, 3.63) is 34.9 Å². The first-order chi connectivity index (χ1) is 15.9. The third-order valence-corrected chi connectivity index (χ3v) is 8.43. The molecule has 33 heavy (non-hydrogen) atoms. The molecule has 0 heterocycles. The molecule has 0 aliphatic heterocycles. The van der Waals surface area contributed by atoms with Crippen molar-refractivity contribution < 1.29 is 19.4 Å². The number of amides is 1. The number of carbonyl (C=O) groups excluding carboxylic acids is 1. The summed E-state index contributed by atoms with van der Waals surface area (Å²) in [6.45, 7) is 5.00. The summed E-state index contributed by atoms with van der Waals surface area (Å²) < 4.78 is 5.95. The van der Waals surface area contributed by atoms with Gasteiger partial charge in [0.15, 0.2) is 0 Å². The highest BCUT2D eigenvalue weighted by molar-refractivity contribution is 5.93. The van der Waals surface area contributed by atoms with Gasteiger partial charge in [-0.05, 0) is 61.4 Å². The highest BCUT2D eigenvalue weighted by atomic mass is 16.5. The lowest BCUT2D eigenvalue weighted by Gasteiger charge is -2.49. The Morgan fingerprint density at radius 1 is 1.21 bits per heavy atom. The van der Waals surface area contributed by atoms with Crippen molar-refractivity contribution in [2.45, 2.75) is 95.6 Å². The largest absolute Gasteiger partial charge is 0.481 e. The lowest BCUT2D eigenvalue weighted by Crippen LogP contribution is -2.59. The van der Waals surface area contributed by atoms with Crippen LogP contribution < -0.4 is 11.1 Å². The van der Waals surface area contributed by atoms with Gasteiger partial charge in [0.25, 0.3) is 0 Å². The first-order valence-corrected chi connectivity index (χ1v) is 12.8. The Morgan fingerprint density at radius 3 is 2.48 bits per heavy atom. The standard InChI is InChI=1S/C27H42N2O4/c1-4-27(5-2)22-16-20(25(28)30)12-11-19(22)17-23(33-3)24(27)29-14-13-21(26(31)32)15-18-9-7-6-8-10-18/h11-12,16,18,21,23-24,29H,4-10,13-15,17H2,1-3H3,(H2,28,30)(H,31,32)/t21-,23+,24+/m0/s1. The van der Waals surface area contributed by atoms with Crippen LogP contribution in [0.3, 0.4) is 0 Å². The van der Waals surface area contributed by atoms with Crippen LogP contribution in [0.15, 0.2) is 18.2 Å². The van der Waals surface area contributed by atoms with E-state index in [4.69, 9.17) is 10.5 Å². The smallest absolute Gasteiger partial charge is 0.306 e. The number of carbonyl (C=O) groups is 2. The van der Waals surface area contributed by atoms with Gasteiger partial charge in [0.1, 0.15) is 0 Å². The second kappa shape index (κ2) is 11.5. The molecule has 0 spiro atoms. The Hall–Kier alpha value is -1.92. The number of carboxylic acids is 1. The summed E-state index contributed by atoms with van der Waals surface area (Å²) in [5.41, 5.74) is 8.29. The monoisotopic (exact) mass is 458 g/mol. The molecule has 1 aromatic carbocycles. The number of rotatable bonds is 11. The molecule has 1 saturated carbocycles. The Balaban J connectivity index is 1.78. The number of aliphatic carboxylic acids is 1. The van der Waals surface area contributed by atoms with Crippen molar-refractivity contribution in [3.8, 4) is 0 Å². The molecular formula is C27H42N2O4. The lowest BCUT2D eigenvalue weighted by molar-refractivity contribution is -0.142. The summed E-state index contributed by atoms with van der Waals surface area (Å²) in [4.78, 5) is 23.9. The predicted molar refractivity (Wildman–Crippen MR) is 130 cm³/mol. The van der Waals surface area contributed by atoms with Gasteiger partial charge in [0.2, 0.25) is 5.91 Å². The van der Waals surface area contributed by atoms with Crippen molar-refractivity contribution in [1.82, 2.24) is 5.32 Å². The quantitative estimate of drug-likeness (QED) is 0.455. The van der Waals surface area contributed by atoms with E-state index >= 15 is 0 Å². The third kappa shape index (κ3) is 5.60. The summed E-state index contributed by atoms with van der Waals surface area (Å²) in [5.74, 6) is -0.852. The summed E-state index contributed by atoms with van der Waals surface area (Å²) in [7, 11) is 1.75. The second-order valence-corrected chi connectivity index (χ2v) is 10.1. The van der Waals surface area contributed by atoms with Crippen LogP contribution in [0.25, 0.3) is 0 Å². The molecule has 0 aromatic heterocycles. The molecule has 2 aliphatic carbocycles. The van der Waals surface area contributed by atoms with Gasteiger partial charge in [-0.1, -0.05) is 52.0 Å². The minimum Gasteiger partial charge on any atom is -0.481 e. The zero-order chi connectivity index (χ0) is 24.0. The Bertz CT molecular complexity index is 814. The van der Waals surface area contributed by atoms with Gasteiger partial charge < -0.3 is 20.9 Å². The van der Waals surface area contributed by atoms with Gasteiger partial charge in [0.05, 0.1) is 12.0 Å². The van der Waals surface area contributed by atoms with Gasteiger partial charge in [-0.3, -0.25) is 9.59 Å². The molecular weight excluding hydrogens is 416 g/mol. The average molecular weight is 459 g/mol. The number of benzene rings is 1. The van der Waals surface area contributed by atoms with E-state index in [2.05, 4.69) is 19.2 Å². The zero-order valence-corrected chi connectivity index (χ0v) is 20.6. The molecule has 0 bridgehead atoms. The lowest BCUT2D eigenvalue weighted by atomic mass is 9.62. The maximum atomic E-state index is 12.0. The molecule has 6 nitrogen and oxygen atoms in total. The average Bonchev–Trinajstić information content (AvgIpc) is 2.83. The fourth-order valence-corrected chi connectivity index (χ4v) is 6.43. The fourth-order valence-electron chi connectivity index (χ4n) is 6.43. The van der Waals surface area contributed by atoms with Gasteiger partial charge in [0, 0.05) is 30.6 Å². The van der Waals surface area contributed by atoms with Gasteiger partial charge in [-0.15, -0.1) is 0 Å². The Kier molecular flexibility index (Phi) is 8.94. The number of fused-ring (bicyclic) bond motifs is 1. The first kappa shape index (κ1) is 25.7. The number of hydrogen-bond donors (Lipinski definition) is 3. The Morgan fingerprint density at radius 2 is 1.91 bits per heavy atom. The molecule has 3 atom stereocenters. The van der Waals surface area contributed by atoms with Crippen LogP contribution in [-0.2, 0) is 21.4 Å². The van der Waals surface area contributed by atoms with E-state index < -0.39 is 11.9 Å². The molecule has 1 amide bonds. The Labute approximate surface area is 198 Å². The van der Waals surface area contributed by atoms with Gasteiger partial charge >= 0.3 is 5.97 Å². The van der Waals surface area contributed by atoms with Crippen molar-refractivity contribution in [2.24, 2.45) is 17.6 Å². The van der Waals surface area contributed by atoms with E-state index in [0.29, 0.717) is 24.4 Å². The molecule has 1 fully saturated rings. The number of hydrogen-bond acceptors (Lipinski definition) is 4. The second-order valence-electron chi connectivity index (χ2n) is 10.1. The number of carboxylic acid groups (broad SMARTS) is 1. The van der Waals surface area contributed by atoms with Crippen LogP contribution >= 0.6 is 0 Å². The number of nitrogens with one attached hydrogen (secondary N) is 1. The molecule has 184 valence electrons. The molecule has 4 N–H and O–H groups in total. The summed E-state index contributed by atoms with van der Waals surface area (Å²) in [6, 6.07) is 5.83. The normalized spacial score (nSPS) is 23.6. The van der Waals surface area contributed by atoms with Crippen molar-refractivity contribution in [3.63, 3.8) is 0 Å². The van der Waals surface area contributed by atoms with E-state index in [0.717, 1.165) is 25.7 Å². The van der Waals surface area contributed by atoms with Crippen molar-refractivity contribution >= 4 is 11.9 Å². The van der Waals surface area contributed by atoms with Crippen molar-refractivity contribution in [2.75, 3.05) is 13.7 Å². The molecule has 1 aromatic rings. The number of nitrogens with two attached hydrogens (primary N) is 1. The van der Waals surface area contributed by atoms with Crippen LogP contribution in [0.2, 0.25) is 0 Å². The minimum absolute atomic E-state index is 0.0153. The van der Waals surface area contributed by atoms with E-state index in [1.165, 1.54) is 43.2 Å². The molecule has 6 heteroatoms. The van der Waals surface area contributed by atoms with E-state index in [1.807, 2.05) is 12.1 Å². The van der Waals surface area contributed by atoms with Crippen LogP contribution in [0.5, 0.6) is 0 Å². The van der Waals surface area contributed by atoms with E-state index in [9.17, 15) is 14.7 Å². The number of methoxy groups -OCH3 is 1. The first-order valence-electron chi connectivity index (χ1n) is 12.8. The van der Waals surface area contributed by atoms with Gasteiger partial charge in [-0.25, -0.2) is 0 Å². The third-order valence-electron chi connectivity index (χ3n) is 8.43. The van der Waals surface area contributed by atoms with Crippen LogP contribution in [-0.4, -0.2) is 42.8 Å². The number of ether oxygens (including phenoxy) is 1. The summed E-state index contributed by atoms with van der Waals surface area (Å²) in [6.07, 6.45) is 10.0. The van der Waals surface area contributed by atoms with Crippen molar-refractivity contribution in [1.29, 1.82) is 0 Å². The topological polar surface area (TPSA) is 102 Å². The number of primary amides is 1. The zero-order valence-electron chi connectivity index (χ0n) is 20.6. The maximum absolute atomic E-state index is 12.0. The van der Waals surface area contributed by atoms with Crippen LogP contribution in [0, 0.1) is 11.8 Å². The maximum Gasteiger partial charge on any atom is 0.306 e. The molecule has 2 aliphatic rings. The van der Waals surface area contributed by atoms with E-state index in [-0.39, 0.29) is 23.5 Å². The molecule has 0 radical (unpaired) electrons. The predicted octanol–water partition coefficient (Wildman–Crippen LogP) is 4.43. The molecule has 0 unspecified atom stereocenters. The summed E-state index contributed by atoms with van der Waals surface area (Å²) in [5, 5.41) is 13.6. The SMILES string of the molecule is CCC1(CC)c2cc(C(N)=O)ccc2C[C@@H](OC)[C@H]1NCC[C@@H](CC1CCCCC1)C(=O)O. The van der Waals surface area contributed by atoms with E-state index in [1.54, 1.807) is 13.2 Å².